The van der Waals surface area contributed by atoms with E-state index >= 15 is 0 Å². The van der Waals surface area contributed by atoms with Crippen LogP contribution in [0, 0.1) is 0 Å². The number of para-hydroxylation sites is 1. The Labute approximate surface area is 140 Å². The maximum Gasteiger partial charge on any atom is 0.420 e. The van der Waals surface area contributed by atoms with Crippen LogP contribution in [0.5, 0.6) is 5.75 Å². The molecule has 126 valence electrons. The van der Waals surface area contributed by atoms with Crippen LogP contribution in [0.25, 0.3) is 0 Å². The van der Waals surface area contributed by atoms with Crippen LogP contribution in [0.1, 0.15) is 22.8 Å². The fourth-order valence-corrected chi connectivity index (χ4v) is 2.05. The molecule has 0 aliphatic rings. The predicted molar refractivity (Wildman–Crippen MR) is 82.2 cm³/mol. The maximum absolute atomic E-state index is 13.1. The minimum Gasteiger partial charge on any atom is -0.425 e. The molecule has 0 heterocycles. The second-order valence-electron chi connectivity index (χ2n) is 4.73. The number of esters is 1. The van der Waals surface area contributed by atoms with Crippen LogP contribution in [0.4, 0.5) is 18.9 Å². The molecule has 1 amide bonds. The summed E-state index contributed by atoms with van der Waals surface area (Å²) in [5.74, 6) is -2.64. The Morgan fingerprint density at radius 1 is 1.08 bits per heavy atom. The van der Waals surface area contributed by atoms with Crippen molar-refractivity contribution in [3.05, 3.63) is 58.6 Å². The minimum atomic E-state index is -4.78. The number of carbonyl (C=O) groups is 2. The topological polar surface area (TPSA) is 55.4 Å². The highest BCUT2D eigenvalue weighted by Crippen LogP contribution is 2.38. The molecule has 0 unspecified atom stereocenters. The van der Waals surface area contributed by atoms with Crippen LogP contribution in [0.3, 0.4) is 0 Å². The van der Waals surface area contributed by atoms with Crippen molar-refractivity contribution in [3.8, 4) is 5.75 Å². The van der Waals surface area contributed by atoms with Gasteiger partial charge in [0.15, 0.2) is 5.75 Å². The number of ether oxygens (including phenoxy) is 1. The van der Waals surface area contributed by atoms with E-state index in [-0.39, 0.29) is 0 Å². The number of amides is 1. The molecule has 0 bridgehead atoms. The molecule has 0 saturated carbocycles. The third-order valence-electron chi connectivity index (χ3n) is 2.91. The van der Waals surface area contributed by atoms with Gasteiger partial charge >= 0.3 is 12.1 Å². The first-order valence-electron chi connectivity index (χ1n) is 6.64. The highest BCUT2D eigenvalue weighted by atomic mass is 35.5. The highest BCUT2D eigenvalue weighted by Gasteiger charge is 2.36. The molecule has 2 rings (SSSR count). The summed E-state index contributed by atoms with van der Waals surface area (Å²) in [5, 5.41) is 2.86. The van der Waals surface area contributed by atoms with E-state index < -0.39 is 34.9 Å². The monoisotopic (exact) mass is 357 g/mol. The fourth-order valence-electron chi connectivity index (χ4n) is 1.92. The van der Waals surface area contributed by atoms with Gasteiger partial charge in [-0.3, -0.25) is 9.59 Å². The summed E-state index contributed by atoms with van der Waals surface area (Å²) in [6, 6.07) is 8.92. The van der Waals surface area contributed by atoms with Gasteiger partial charge in [0.05, 0.1) is 11.1 Å². The summed E-state index contributed by atoms with van der Waals surface area (Å²) in [6.45, 7) is 0.952. The number of carbonyl (C=O) groups excluding carboxylic acids is 2. The second-order valence-corrected chi connectivity index (χ2v) is 5.17. The van der Waals surface area contributed by atoms with Crippen molar-refractivity contribution in [2.24, 2.45) is 0 Å². The van der Waals surface area contributed by atoms with Crippen LogP contribution < -0.4 is 10.1 Å². The summed E-state index contributed by atoms with van der Waals surface area (Å²) in [7, 11) is 0. The molecular weight excluding hydrogens is 347 g/mol. The highest BCUT2D eigenvalue weighted by molar-refractivity contribution is 6.30. The number of alkyl halides is 3. The zero-order valence-electron chi connectivity index (χ0n) is 12.3. The quantitative estimate of drug-likeness (QED) is 0.648. The summed E-state index contributed by atoms with van der Waals surface area (Å²) in [6.07, 6.45) is -4.78. The van der Waals surface area contributed by atoms with E-state index in [0.29, 0.717) is 10.7 Å². The third-order valence-corrected chi connectivity index (χ3v) is 3.16. The zero-order chi connectivity index (χ0) is 17.9. The standard InChI is InChI=1S/C16H11ClF3NO3/c1-9(22)24-14-12(3-2-4-13(14)16(18,19)20)15(23)21-11-7-5-10(17)6-8-11/h2-8H,1H3,(H,21,23). The van der Waals surface area contributed by atoms with Crippen LogP contribution in [0.15, 0.2) is 42.5 Å². The summed E-state index contributed by atoms with van der Waals surface area (Å²) >= 11 is 5.72. The molecule has 0 spiro atoms. The van der Waals surface area contributed by atoms with E-state index in [1.807, 2.05) is 0 Å². The van der Waals surface area contributed by atoms with E-state index in [9.17, 15) is 22.8 Å². The lowest BCUT2D eigenvalue weighted by Crippen LogP contribution is -2.18. The van der Waals surface area contributed by atoms with Crippen molar-refractivity contribution in [2.45, 2.75) is 13.1 Å². The fraction of sp³-hybridized carbons (Fsp3) is 0.125. The lowest BCUT2D eigenvalue weighted by Gasteiger charge is -2.15. The molecule has 0 aliphatic carbocycles. The number of hydrogen-bond donors (Lipinski definition) is 1. The molecule has 0 saturated heterocycles. The summed E-state index contributed by atoms with van der Waals surface area (Å²) in [4.78, 5) is 23.4. The van der Waals surface area contributed by atoms with E-state index in [4.69, 9.17) is 11.6 Å². The van der Waals surface area contributed by atoms with E-state index in [1.165, 1.54) is 24.3 Å². The van der Waals surface area contributed by atoms with Gasteiger partial charge < -0.3 is 10.1 Å². The average molecular weight is 358 g/mol. The molecule has 4 nitrogen and oxygen atoms in total. The van der Waals surface area contributed by atoms with Crippen LogP contribution >= 0.6 is 11.6 Å². The number of anilines is 1. The first-order chi connectivity index (χ1) is 11.2. The van der Waals surface area contributed by atoms with Crippen molar-refractivity contribution < 1.29 is 27.5 Å². The van der Waals surface area contributed by atoms with E-state index in [1.54, 1.807) is 0 Å². The molecule has 0 fully saturated rings. The molecule has 24 heavy (non-hydrogen) atoms. The molecular formula is C16H11ClF3NO3. The first-order valence-corrected chi connectivity index (χ1v) is 7.02. The van der Waals surface area contributed by atoms with Crippen molar-refractivity contribution in [1.29, 1.82) is 0 Å². The van der Waals surface area contributed by atoms with Gasteiger partial charge in [-0.05, 0) is 36.4 Å². The normalized spacial score (nSPS) is 11.0. The second kappa shape index (κ2) is 6.92. The van der Waals surface area contributed by atoms with Crippen molar-refractivity contribution in [2.75, 3.05) is 5.32 Å². The van der Waals surface area contributed by atoms with Crippen LogP contribution in [-0.2, 0) is 11.0 Å². The van der Waals surface area contributed by atoms with Crippen LogP contribution in [-0.4, -0.2) is 11.9 Å². The van der Waals surface area contributed by atoms with Crippen molar-refractivity contribution >= 4 is 29.2 Å². The molecule has 0 aromatic heterocycles. The molecule has 0 atom stereocenters. The smallest absolute Gasteiger partial charge is 0.420 e. The molecule has 8 heteroatoms. The molecule has 2 aromatic carbocycles. The summed E-state index contributed by atoms with van der Waals surface area (Å²) in [5.41, 5.74) is -1.29. The average Bonchev–Trinajstić information content (AvgIpc) is 2.48. The van der Waals surface area contributed by atoms with Gasteiger partial charge in [-0.15, -0.1) is 0 Å². The van der Waals surface area contributed by atoms with Gasteiger partial charge in [-0.1, -0.05) is 17.7 Å². The number of nitrogens with one attached hydrogen (secondary N) is 1. The minimum absolute atomic E-state index is 0.329. The van der Waals surface area contributed by atoms with Gasteiger partial charge in [0.25, 0.3) is 5.91 Å². The van der Waals surface area contributed by atoms with Gasteiger partial charge in [0.1, 0.15) is 0 Å². The molecule has 1 N–H and O–H groups in total. The van der Waals surface area contributed by atoms with E-state index in [0.717, 1.165) is 25.1 Å². The van der Waals surface area contributed by atoms with Gasteiger partial charge in [0.2, 0.25) is 0 Å². The Morgan fingerprint density at radius 3 is 2.25 bits per heavy atom. The van der Waals surface area contributed by atoms with Crippen molar-refractivity contribution in [1.82, 2.24) is 0 Å². The Kier molecular flexibility index (Phi) is 5.14. The Bertz CT molecular complexity index is 773. The predicted octanol–water partition coefficient (Wildman–Crippen LogP) is 4.54. The van der Waals surface area contributed by atoms with Gasteiger partial charge in [0, 0.05) is 17.6 Å². The lowest BCUT2D eigenvalue weighted by molar-refractivity contribution is -0.141. The number of hydrogen-bond acceptors (Lipinski definition) is 3. The maximum atomic E-state index is 13.1. The zero-order valence-corrected chi connectivity index (χ0v) is 13.0. The SMILES string of the molecule is CC(=O)Oc1c(C(=O)Nc2ccc(Cl)cc2)cccc1C(F)(F)F. The Hall–Kier alpha value is -2.54. The number of halogens is 4. The molecule has 0 aliphatic heterocycles. The number of rotatable bonds is 3. The largest absolute Gasteiger partial charge is 0.425 e. The van der Waals surface area contributed by atoms with Crippen LogP contribution in [0.2, 0.25) is 5.02 Å². The van der Waals surface area contributed by atoms with Crippen molar-refractivity contribution in [3.63, 3.8) is 0 Å². The van der Waals surface area contributed by atoms with Gasteiger partial charge in [-0.2, -0.15) is 13.2 Å². The Morgan fingerprint density at radius 2 is 1.71 bits per heavy atom. The Balaban J connectivity index is 2.42. The van der Waals surface area contributed by atoms with Gasteiger partial charge in [-0.25, -0.2) is 0 Å². The third kappa shape index (κ3) is 4.26. The molecule has 2 aromatic rings. The van der Waals surface area contributed by atoms with E-state index in [2.05, 4.69) is 10.1 Å². The summed E-state index contributed by atoms with van der Waals surface area (Å²) < 4.78 is 43.9. The molecule has 0 radical (unpaired) electrons. The number of benzene rings is 2. The lowest BCUT2D eigenvalue weighted by atomic mass is 10.1. The first kappa shape index (κ1) is 17.8.